The molecule has 3 heterocycles. The number of nitrogens with zero attached hydrogens (tertiary/aromatic N) is 4. The van der Waals surface area contributed by atoms with Gasteiger partial charge in [-0.15, -0.1) is 0 Å². The Morgan fingerprint density at radius 2 is 1.82 bits per heavy atom. The van der Waals surface area contributed by atoms with Gasteiger partial charge in [-0.1, -0.05) is 30.3 Å². The third-order valence-corrected chi connectivity index (χ3v) is 9.33. The highest BCUT2D eigenvalue weighted by molar-refractivity contribution is 6.04. The van der Waals surface area contributed by atoms with Crippen molar-refractivity contribution in [2.75, 3.05) is 18.6 Å². The lowest BCUT2D eigenvalue weighted by molar-refractivity contribution is -0.121. The van der Waals surface area contributed by atoms with Crippen LogP contribution in [0.15, 0.2) is 72.9 Å². The molecule has 2 aromatic heterocycles. The van der Waals surface area contributed by atoms with Crippen molar-refractivity contribution in [3.05, 3.63) is 107 Å². The molecule has 50 heavy (non-hydrogen) atoms. The number of aryl methyl sites for hydroxylation is 1. The van der Waals surface area contributed by atoms with Crippen molar-refractivity contribution in [1.29, 1.82) is 0 Å². The van der Waals surface area contributed by atoms with E-state index in [9.17, 15) is 23.9 Å². The van der Waals surface area contributed by atoms with Gasteiger partial charge >= 0.3 is 0 Å². The minimum atomic E-state index is -2.05. The number of nitrogens with two attached hydrogens (primary N) is 1. The summed E-state index contributed by atoms with van der Waals surface area (Å²) in [6, 6.07) is 15.8. The number of nitrogens with one attached hydrogen (secondary N) is 1. The van der Waals surface area contributed by atoms with Crippen LogP contribution in [0, 0.1) is 18.6 Å². The fraction of sp³-hybridized carbons (Fsp3) is 0.270. The Morgan fingerprint density at radius 3 is 2.52 bits per heavy atom. The van der Waals surface area contributed by atoms with E-state index < -0.39 is 47.5 Å². The summed E-state index contributed by atoms with van der Waals surface area (Å²) in [6.07, 6.45) is 4.13. The molecule has 256 valence electrons. The highest BCUT2D eigenvalue weighted by Crippen LogP contribution is 2.38. The van der Waals surface area contributed by atoms with Crippen LogP contribution in [0.2, 0.25) is 0 Å². The second-order valence-corrected chi connectivity index (χ2v) is 12.8. The SMILES string of the molecule is COc1cc(C(=O)NC[C@@](O)(c2ccccc2)c2cc(N3C(=O)CCC3C(N)=O)cc(-c3cc(C)c(F)cc3F)n2)cc2cn(C3CC3)nc12. The van der Waals surface area contributed by atoms with Gasteiger partial charge in [0.15, 0.2) is 0 Å². The molecule has 3 aromatic carbocycles. The number of ether oxygens (including phenoxy) is 1. The van der Waals surface area contributed by atoms with Gasteiger partial charge in [0, 0.05) is 40.9 Å². The van der Waals surface area contributed by atoms with Crippen molar-refractivity contribution in [3.63, 3.8) is 0 Å². The van der Waals surface area contributed by atoms with Gasteiger partial charge in [0.25, 0.3) is 5.91 Å². The molecule has 7 rings (SSSR count). The third kappa shape index (κ3) is 5.93. The van der Waals surface area contributed by atoms with Crippen LogP contribution in [0.3, 0.4) is 0 Å². The minimum Gasteiger partial charge on any atom is -0.494 e. The smallest absolute Gasteiger partial charge is 0.251 e. The van der Waals surface area contributed by atoms with Gasteiger partial charge in [0.2, 0.25) is 11.8 Å². The summed E-state index contributed by atoms with van der Waals surface area (Å²) < 4.78 is 37.1. The molecule has 0 radical (unpaired) electrons. The number of aliphatic hydroxyl groups is 1. The molecular formula is C37H34F2N6O5. The van der Waals surface area contributed by atoms with Crippen molar-refractivity contribution in [1.82, 2.24) is 20.1 Å². The van der Waals surface area contributed by atoms with Crippen LogP contribution in [0.1, 0.15) is 58.9 Å². The first-order valence-corrected chi connectivity index (χ1v) is 16.2. The molecule has 2 aliphatic rings. The summed E-state index contributed by atoms with van der Waals surface area (Å²) in [5.74, 6) is -2.93. The number of halogens is 2. The number of pyridine rings is 1. The zero-order chi connectivity index (χ0) is 35.3. The van der Waals surface area contributed by atoms with Crippen molar-refractivity contribution >= 4 is 34.3 Å². The second-order valence-electron chi connectivity index (χ2n) is 12.8. The molecule has 2 atom stereocenters. The number of rotatable bonds is 10. The van der Waals surface area contributed by atoms with Gasteiger partial charge in [-0.2, -0.15) is 5.10 Å². The molecule has 1 aliphatic heterocycles. The molecule has 0 bridgehead atoms. The lowest BCUT2D eigenvalue weighted by Gasteiger charge is -2.31. The highest BCUT2D eigenvalue weighted by Gasteiger charge is 2.39. The zero-order valence-corrected chi connectivity index (χ0v) is 27.3. The summed E-state index contributed by atoms with van der Waals surface area (Å²) in [6.45, 7) is 1.06. The Morgan fingerprint density at radius 1 is 1.06 bits per heavy atom. The first-order chi connectivity index (χ1) is 24.0. The topological polar surface area (TPSA) is 153 Å². The maximum atomic E-state index is 15.4. The number of aromatic nitrogens is 3. The van der Waals surface area contributed by atoms with E-state index in [0.717, 1.165) is 24.3 Å². The molecule has 13 heteroatoms. The standard InChI is InChI=1S/C37H34F2N6O5/c1-20-12-26(28(39)17-27(20)38)29-15-25(45-30(35(40)47)10-11-33(45)46)16-32(42-29)37(49,23-6-4-3-5-7-23)19-41-36(48)21-13-22-18-44(24-8-9-24)43-34(22)31(14-21)50-2/h3-7,12-18,24,30,49H,8-11,19H2,1-2H3,(H2,40,47)(H,41,48)/t30?,37-/m1/s1. The molecule has 1 unspecified atom stereocenters. The molecule has 1 saturated heterocycles. The van der Waals surface area contributed by atoms with Crippen LogP contribution in [0.5, 0.6) is 5.75 Å². The van der Waals surface area contributed by atoms with Gasteiger partial charge in [0.05, 0.1) is 31.1 Å². The predicted molar refractivity (Wildman–Crippen MR) is 180 cm³/mol. The quantitative estimate of drug-likeness (QED) is 0.194. The van der Waals surface area contributed by atoms with Gasteiger partial charge < -0.3 is 20.9 Å². The van der Waals surface area contributed by atoms with E-state index in [4.69, 9.17) is 10.5 Å². The van der Waals surface area contributed by atoms with Crippen LogP contribution < -0.4 is 20.7 Å². The molecule has 11 nitrogen and oxygen atoms in total. The average Bonchev–Trinajstić information content (AvgIpc) is 3.75. The maximum absolute atomic E-state index is 15.4. The van der Waals surface area contributed by atoms with Crippen molar-refractivity contribution in [2.24, 2.45) is 5.73 Å². The molecule has 5 aromatic rings. The normalized spacial score (nSPS) is 17.2. The Balaban J connectivity index is 1.33. The van der Waals surface area contributed by atoms with Crippen molar-refractivity contribution < 1.29 is 33.0 Å². The predicted octanol–water partition coefficient (Wildman–Crippen LogP) is 4.68. The van der Waals surface area contributed by atoms with E-state index in [1.54, 1.807) is 42.5 Å². The Hall–Kier alpha value is -5.69. The number of carbonyl (C=O) groups is 3. The van der Waals surface area contributed by atoms with Crippen LogP contribution in [0.25, 0.3) is 22.2 Å². The average molecular weight is 681 g/mol. The number of carbonyl (C=O) groups excluding carboxylic acids is 3. The zero-order valence-electron chi connectivity index (χ0n) is 27.3. The number of primary amides is 1. The highest BCUT2D eigenvalue weighted by atomic mass is 19.1. The molecule has 0 spiro atoms. The minimum absolute atomic E-state index is 0.0374. The second kappa shape index (κ2) is 12.6. The summed E-state index contributed by atoms with van der Waals surface area (Å²) in [7, 11) is 1.50. The molecule has 2 fully saturated rings. The Labute approximate surface area is 285 Å². The van der Waals surface area contributed by atoms with E-state index in [1.807, 2.05) is 10.9 Å². The molecule has 3 amide bonds. The number of hydrogen-bond acceptors (Lipinski definition) is 7. The summed E-state index contributed by atoms with van der Waals surface area (Å²) >= 11 is 0. The molecular weight excluding hydrogens is 646 g/mol. The number of fused-ring (bicyclic) bond motifs is 1. The number of amides is 3. The van der Waals surface area contributed by atoms with Crippen molar-refractivity contribution in [2.45, 2.75) is 50.3 Å². The number of methoxy groups -OCH3 is 1. The summed E-state index contributed by atoms with van der Waals surface area (Å²) in [4.78, 5) is 45.1. The maximum Gasteiger partial charge on any atom is 0.251 e. The van der Waals surface area contributed by atoms with Crippen LogP contribution in [-0.4, -0.2) is 57.3 Å². The van der Waals surface area contributed by atoms with Gasteiger partial charge in [-0.3, -0.25) is 24.0 Å². The Bertz CT molecular complexity index is 2170. The van der Waals surface area contributed by atoms with Gasteiger partial charge in [-0.25, -0.2) is 13.8 Å². The fourth-order valence-electron chi connectivity index (χ4n) is 6.43. The first kappa shape index (κ1) is 32.8. The van der Waals surface area contributed by atoms with E-state index in [0.29, 0.717) is 22.9 Å². The molecule has 4 N–H and O–H groups in total. The number of hydrogen-bond donors (Lipinski definition) is 3. The summed E-state index contributed by atoms with van der Waals surface area (Å²) in [5.41, 5.74) is 4.88. The third-order valence-electron chi connectivity index (χ3n) is 9.33. The number of anilines is 1. The molecule has 1 saturated carbocycles. The largest absolute Gasteiger partial charge is 0.494 e. The first-order valence-electron chi connectivity index (χ1n) is 16.2. The van der Waals surface area contributed by atoms with Crippen molar-refractivity contribution in [3.8, 4) is 17.0 Å². The van der Waals surface area contributed by atoms with E-state index in [1.165, 1.54) is 37.1 Å². The van der Waals surface area contributed by atoms with E-state index >= 15 is 4.39 Å². The monoisotopic (exact) mass is 680 g/mol. The Kier molecular flexibility index (Phi) is 8.30. The fourth-order valence-corrected chi connectivity index (χ4v) is 6.43. The van der Waals surface area contributed by atoms with Crippen LogP contribution in [-0.2, 0) is 15.2 Å². The van der Waals surface area contributed by atoms with Crippen LogP contribution >= 0.6 is 0 Å². The lowest BCUT2D eigenvalue weighted by Crippen LogP contribution is -2.44. The summed E-state index contributed by atoms with van der Waals surface area (Å²) in [5, 5.41) is 20.7. The van der Waals surface area contributed by atoms with Gasteiger partial charge in [-0.05, 0) is 67.6 Å². The lowest BCUT2D eigenvalue weighted by atomic mass is 9.88. The van der Waals surface area contributed by atoms with Crippen LogP contribution in [0.4, 0.5) is 14.5 Å². The number of benzene rings is 3. The molecule has 1 aliphatic carbocycles. The van der Waals surface area contributed by atoms with Gasteiger partial charge in [0.1, 0.15) is 34.5 Å². The van der Waals surface area contributed by atoms with E-state index in [-0.39, 0.29) is 46.6 Å². The van der Waals surface area contributed by atoms with E-state index in [2.05, 4.69) is 15.4 Å².